The van der Waals surface area contributed by atoms with E-state index in [9.17, 15) is 9.59 Å². The Balaban J connectivity index is 1.73. The van der Waals surface area contributed by atoms with Crippen molar-refractivity contribution in [3.63, 3.8) is 0 Å². The van der Waals surface area contributed by atoms with Gasteiger partial charge in [-0.3, -0.25) is 9.78 Å². The summed E-state index contributed by atoms with van der Waals surface area (Å²) in [6.07, 6.45) is 4.38. The van der Waals surface area contributed by atoms with Gasteiger partial charge in [0.2, 0.25) is 0 Å². The largest absolute Gasteiger partial charge is 0.497 e. The molecule has 0 bridgehead atoms. The number of benzene rings is 2. The fourth-order valence-corrected chi connectivity index (χ4v) is 3.60. The van der Waals surface area contributed by atoms with E-state index < -0.39 is 0 Å². The lowest BCUT2D eigenvalue weighted by atomic mass is 10.0. The Morgan fingerprint density at radius 1 is 1.06 bits per heavy atom. The van der Waals surface area contributed by atoms with Gasteiger partial charge in [-0.2, -0.15) is 0 Å². The zero-order chi connectivity index (χ0) is 21.8. The minimum absolute atomic E-state index is 0.331. The molecule has 2 aromatic heterocycles. The van der Waals surface area contributed by atoms with Crippen molar-refractivity contribution in [3.05, 3.63) is 83.7 Å². The van der Waals surface area contributed by atoms with Crippen LogP contribution in [0.5, 0.6) is 5.75 Å². The molecule has 0 aliphatic rings. The van der Waals surface area contributed by atoms with Gasteiger partial charge in [-0.05, 0) is 42.8 Å². The van der Waals surface area contributed by atoms with Crippen LogP contribution in [0.2, 0.25) is 0 Å². The van der Waals surface area contributed by atoms with Crippen molar-refractivity contribution in [2.24, 2.45) is 0 Å². The lowest BCUT2D eigenvalue weighted by molar-refractivity contribution is 0.0526. The SMILES string of the molecule is CCOC(=O)c1ccc(-c2ncc(C=O)c3c2ccn3Cc2ccc(OC)cc2)cc1. The van der Waals surface area contributed by atoms with Crippen molar-refractivity contribution in [2.75, 3.05) is 13.7 Å². The molecular formula is C25H22N2O4. The summed E-state index contributed by atoms with van der Waals surface area (Å²) in [7, 11) is 1.64. The molecule has 0 aliphatic carbocycles. The van der Waals surface area contributed by atoms with Crippen molar-refractivity contribution < 1.29 is 19.1 Å². The Kier molecular flexibility index (Phi) is 5.80. The summed E-state index contributed by atoms with van der Waals surface area (Å²) in [6, 6.07) is 16.9. The molecule has 0 fully saturated rings. The monoisotopic (exact) mass is 414 g/mol. The van der Waals surface area contributed by atoms with Crippen LogP contribution in [0.25, 0.3) is 22.2 Å². The summed E-state index contributed by atoms with van der Waals surface area (Å²) in [4.78, 5) is 28.2. The molecule has 2 heterocycles. The Labute approximate surface area is 180 Å². The van der Waals surface area contributed by atoms with Crippen LogP contribution >= 0.6 is 0 Å². The number of pyridine rings is 1. The highest BCUT2D eigenvalue weighted by atomic mass is 16.5. The first-order valence-corrected chi connectivity index (χ1v) is 9.98. The molecule has 4 aromatic rings. The minimum Gasteiger partial charge on any atom is -0.497 e. The van der Waals surface area contributed by atoms with Crippen LogP contribution < -0.4 is 4.74 Å². The molecule has 6 nitrogen and oxygen atoms in total. The summed E-state index contributed by atoms with van der Waals surface area (Å²) in [6.45, 7) is 2.72. The smallest absolute Gasteiger partial charge is 0.338 e. The van der Waals surface area contributed by atoms with Gasteiger partial charge in [0.25, 0.3) is 0 Å². The van der Waals surface area contributed by atoms with Crippen molar-refractivity contribution >= 4 is 23.2 Å². The number of fused-ring (bicyclic) bond motifs is 1. The highest BCUT2D eigenvalue weighted by Crippen LogP contribution is 2.30. The van der Waals surface area contributed by atoms with Gasteiger partial charge in [-0.25, -0.2) is 4.79 Å². The van der Waals surface area contributed by atoms with Gasteiger partial charge in [0.15, 0.2) is 6.29 Å². The summed E-state index contributed by atoms with van der Waals surface area (Å²) >= 11 is 0. The van der Waals surface area contributed by atoms with Gasteiger partial charge in [0.05, 0.1) is 36.1 Å². The highest BCUT2D eigenvalue weighted by Gasteiger charge is 2.15. The molecule has 0 amide bonds. The topological polar surface area (TPSA) is 70.4 Å². The van der Waals surface area contributed by atoms with E-state index in [-0.39, 0.29) is 5.97 Å². The summed E-state index contributed by atoms with van der Waals surface area (Å²) < 4.78 is 12.3. The minimum atomic E-state index is -0.353. The molecule has 0 aliphatic heterocycles. The number of aromatic nitrogens is 2. The molecule has 0 N–H and O–H groups in total. The lowest BCUT2D eigenvalue weighted by Gasteiger charge is -2.10. The number of rotatable bonds is 7. The van der Waals surface area contributed by atoms with E-state index in [4.69, 9.17) is 9.47 Å². The quantitative estimate of drug-likeness (QED) is 0.322. The van der Waals surface area contributed by atoms with E-state index >= 15 is 0 Å². The van der Waals surface area contributed by atoms with Crippen molar-refractivity contribution in [1.82, 2.24) is 9.55 Å². The first-order valence-electron chi connectivity index (χ1n) is 9.98. The predicted octanol–water partition coefficient (Wildman–Crippen LogP) is 4.75. The van der Waals surface area contributed by atoms with Gasteiger partial charge >= 0.3 is 5.97 Å². The van der Waals surface area contributed by atoms with Crippen LogP contribution in [0, 0.1) is 0 Å². The van der Waals surface area contributed by atoms with Gasteiger partial charge in [0.1, 0.15) is 5.75 Å². The average molecular weight is 414 g/mol. The molecule has 6 heteroatoms. The van der Waals surface area contributed by atoms with Gasteiger partial charge < -0.3 is 14.0 Å². The molecule has 0 atom stereocenters. The fourth-order valence-electron chi connectivity index (χ4n) is 3.60. The Morgan fingerprint density at radius 3 is 2.45 bits per heavy atom. The molecule has 0 saturated carbocycles. The number of hydrogen-bond donors (Lipinski definition) is 0. The van der Waals surface area contributed by atoms with Crippen LogP contribution in [0.4, 0.5) is 0 Å². The third-order valence-electron chi connectivity index (χ3n) is 5.13. The van der Waals surface area contributed by atoms with Crippen molar-refractivity contribution in [3.8, 4) is 17.0 Å². The molecule has 156 valence electrons. The molecule has 4 rings (SSSR count). The first-order chi connectivity index (χ1) is 15.1. The van der Waals surface area contributed by atoms with E-state index in [0.29, 0.717) is 24.3 Å². The van der Waals surface area contributed by atoms with Crippen molar-refractivity contribution in [2.45, 2.75) is 13.5 Å². The number of aldehydes is 1. The normalized spacial score (nSPS) is 10.8. The van der Waals surface area contributed by atoms with Gasteiger partial charge in [0, 0.05) is 29.9 Å². The number of carbonyl (C=O) groups is 2. The molecule has 2 aromatic carbocycles. The molecule has 31 heavy (non-hydrogen) atoms. The van der Waals surface area contributed by atoms with Crippen LogP contribution in [-0.2, 0) is 11.3 Å². The molecular weight excluding hydrogens is 392 g/mol. The molecule has 0 radical (unpaired) electrons. The van der Waals surface area contributed by atoms with Gasteiger partial charge in [-0.1, -0.05) is 24.3 Å². The maximum atomic E-state index is 11.9. The zero-order valence-electron chi connectivity index (χ0n) is 17.4. The number of esters is 1. The fraction of sp³-hybridized carbons (Fsp3) is 0.160. The number of hydrogen-bond acceptors (Lipinski definition) is 5. The third-order valence-corrected chi connectivity index (χ3v) is 5.13. The predicted molar refractivity (Wildman–Crippen MR) is 119 cm³/mol. The Morgan fingerprint density at radius 2 is 1.81 bits per heavy atom. The molecule has 0 saturated heterocycles. The zero-order valence-corrected chi connectivity index (χ0v) is 17.4. The number of carbonyl (C=O) groups excluding carboxylic acids is 2. The second-order valence-corrected chi connectivity index (χ2v) is 7.03. The van der Waals surface area contributed by atoms with Crippen LogP contribution in [0.1, 0.15) is 33.2 Å². The number of methoxy groups -OCH3 is 1. The Bertz CT molecular complexity index is 1230. The maximum absolute atomic E-state index is 11.9. The van der Waals surface area contributed by atoms with E-state index in [1.165, 1.54) is 0 Å². The van der Waals surface area contributed by atoms with Crippen molar-refractivity contribution in [1.29, 1.82) is 0 Å². The van der Waals surface area contributed by atoms with E-state index in [0.717, 1.165) is 39.8 Å². The second-order valence-electron chi connectivity index (χ2n) is 7.03. The van der Waals surface area contributed by atoms with E-state index in [1.807, 2.05) is 53.2 Å². The highest BCUT2D eigenvalue weighted by molar-refractivity contribution is 6.02. The molecule has 0 unspecified atom stereocenters. The summed E-state index contributed by atoms with van der Waals surface area (Å²) in [5.74, 6) is 0.446. The van der Waals surface area contributed by atoms with E-state index in [2.05, 4.69) is 4.98 Å². The number of nitrogens with zero attached hydrogens (tertiary/aromatic N) is 2. The summed E-state index contributed by atoms with van der Waals surface area (Å²) in [5, 5.41) is 0.877. The lowest BCUT2D eigenvalue weighted by Crippen LogP contribution is -2.04. The molecule has 0 spiro atoms. The Hall–Kier alpha value is -3.93. The third kappa shape index (κ3) is 4.05. The van der Waals surface area contributed by atoms with Crippen LogP contribution in [-0.4, -0.2) is 35.5 Å². The van der Waals surface area contributed by atoms with Gasteiger partial charge in [-0.15, -0.1) is 0 Å². The maximum Gasteiger partial charge on any atom is 0.338 e. The van der Waals surface area contributed by atoms with Crippen LogP contribution in [0.15, 0.2) is 67.0 Å². The first kappa shape index (κ1) is 20.3. The second kappa shape index (κ2) is 8.83. The summed E-state index contributed by atoms with van der Waals surface area (Å²) in [5.41, 5.74) is 4.55. The van der Waals surface area contributed by atoms with E-state index in [1.54, 1.807) is 32.4 Å². The number of ether oxygens (including phenoxy) is 2. The standard InChI is InChI=1S/C25H22N2O4/c1-3-31-25(29)19-8-6-18(7-9-19)23-22-12-13-27(24(22)20(16-28)14-26-23)15-17-4-10-21(30-2)11-5-17/h4-14,16H,3,15H2,1-2H3. The van der Waals surface area contributed by atoms with Crippen LogP contribution in [0.3, 0.4) is 0 Å². The average Bonchev–Trinajstić information content (AvgIpc) is 3.23.